The molecule has 10 nitrogen and oxygen atoms in total. The summed E-state index contributed by atoms with van der Waals surface area (Å²) in [5.41, 5.74) is 9.59. The molecule has 2 aromatic heterocycles. The molecule has 0 atom stereocenters. The zero-order valence-electron chi connectivity index (χ0n) is 26.5. The number of nitrogens with one attached hydrogen (secondary N) is 2. The van der Waals surface area contributed by atoms with E-state index in [0.717, 1.165) is 27.6 Å². The first-order chi connectivity index (χ1) is 22.0. The number of hydrogen-bond acceptors (Lipinski definition) is 7. The number of benzene rings is 3. The molecular weight excluding hydrogens is 582 g/mol. The molecule has 5 rings (SSSR count). The number of rotatable bonds is 10. The van der Waals surface area contributed by atoms with Crippen LogP contribution in [0.3, 0.4) is 0 Å². The summed E-state index contributed by atoms with van der Waals surface area (Å²) in [6.07, 6.45) is 5.69. The molecule has 0 aliphatic rings. The number of anilines is 2. The van der Waals surface area contributed by atoms with Gasteiger partial charge in [-0.25, -0.2) is 4.79 Å². The number of urea groups is 1. The van der Waals surface area contributed by atoms with Crippen molar-refractivity contribution >= 4 is 34.1 Å². The zero-order chi connectivity index (χ0) is 32.8. The molecule has 236 valence electrons. The first kappa shape index (κ1) is 31.8. The largest absolute Gasteiger partial charge is 0.495 e. The summed E-state index contributed by atoms with van der Waals surface area (Å²) in [7, 11) is 3.10. The smallest absolute Gasteiger partial charge is 0.323 e. The van der Waals surface area contributed by atoms with Crippen LogP contribution in [0.1, 0.15) is 43.2 Å². The number of carbonyl (C=O) groups is 2. The third-order valence-corrected chi connectivity index (χ3v) is 7.39. The molecule has 5 aromatic rings. The van der Waals surface area contributed by atoms with Gasteiger partial charge in [-0.15, -0.1) is 0 Å². The summed E-state index contributed by atoms with van der Waals surface area (Å²) >= 11 is 0. The topological polar surface area (TPSA) is 138 Å². The number of carbonyl (C=O) groups excluding carboxylic acids is 2. The molecule has 0 bridgehead atoms. The Morgan fingerprint density at radius 1 is 0.848 bits per heavy atom. The zero-order valence-corrected chi connectivity index (χ0v) is 26.5. The summed E-state index contributed by atoms with van der Waals surface area (Å²) in [5.74, 6) is 1.82. The number of primary amides is 1. The van der Waals surface area contributed by atoms with Gasteiger partial charge in [-0.3, -0.25) is 14.8 Å². The highest BCUT2D eigenvalue weighted by Crippen LogP contribution is 2.37. The van der Waals surface area contributed by atoms with E-state index in [0.29, 0.717) is 46.4 Å². The average Bonchev–Trinajstić information content (AvgIpc) is 3.01. The van der Waals surface area contributed by atoms with E-state index in [1.807, 2.05) is 75.4 Å². The number of nitrogens with two attached hydrogens (primary N) is 1. The maximum atomic E-state index is 13.4. The molecule has 0 aliphatic heterocycles. The summed E-state index contributed by atoms with van der Waals surface area (Å²) in [4.78, 5) is 33.9. The number of ether oxygens (including phenoxy) is 3. The molecule has 46 heavy (non-hydrogen) atoms. The van der Waals surface area contributed by atoms with Crippen molar-refractivity contribution in [3.63, 3.8) is 0 Å². The number of methoxy groups -OCH3 is 2. The maximum absolute atomic E-state index is 13.4. The Morgan fingerprint density at radius 3 is 2.33 bits per heavy atom. The van der Waals surface area contributed by atoms with E-state index in [1.54, 1.807) is 37.8 Å². The van der Waals surface area contributed by atoms with Crippen molar-refractivity contribution in [2.75, 3.05) is 24.9 Å². The van der Waals surface area contributed by atoms with Gasteiger partial charge in [0, 0.05) is 46.9 Å². The van der Waals surface area contributed by atoms with Gasteiger partial charge in [-0.05, 0) is 46.9 Å². The first-order valence-electron chi connectivity index (χ1n) is 14.7. The molecule has 0 saturated heterocycles. The second-order valence-corrected chi connectivity index (χ2v) is 11.8. The molecule has 0 saturated carbocycles. The molecule has 10 heteroatoms. The fourth-order valence-electron chi connectivity index (χ4n) is 5.14. The van der Waals surface area contributed by atoms with Crippen LogP contribution in [0.4, 0.5) is 16.2 Å². The lowest BCUT2D eigenvalue weighted by Crippen LogP contribution is -2.22. The van der Waals surface area contributed by atoms with Gasteiger partial charge in [0.2, 0.25) is 5.91 Å². The lowest BCUT2D eigenvalue weighted by atomic mass is 9.85. The molecule has 0 radical (unpaired) electrons. The predicted octanol–water partition coefficient (Wildman–Crippen LogP) is 7.00. The SMILES string of the molecule is COc1cncc(Cc2cc(Oc3ccc(NC(=O)Nc4cc(C(C)(C)C)cc(CC(N)=O)c4OC)c4ccccc34)ccn2)c1. The van der Waals surface area contributed by atoms with Crippen molar-refractivity contribution < 1.29 is 23.8 Å². The summed E-state index contributed by atoms with van der Waals surface area (Å²) in [5, 5.41) is 7.47. The van der Waals surface area contributed by atoms with Crippen molar-refractivity contribution in [1.82, 2.24) is 9.97 Å². The standard InChI is InChI=1S/C36H37N5O5/c1-36(2,3)24-16-23(17-33(37)42)34(45-5)31(18-24)41-35(43)40-30-10-11-32(29-9-7-6-8-28(29)30)46-26-12-13-39-25(19-26)14-22-15-27(44-4)21-38-20-22/h6-13,15-16,18-21H,14,17H2,1-5H3,(H2,37,42)(H2,40,41,43). The summed E-state index contributed by atoms with van der Waals surface area (Å²) in [6.45, 7) is 6.15. The van der Waals surface area contributed by atoms with Crippen LogP contribution in [0.5, 0.6) is 23.0 Å². The van der Waals surface area contributed by atoms with Crippen LogP contribution < -0.4 is 30.6 Å². The van der Waals surface area contributed by atoms with Gasteiger partial charge in [0.05, 0.1) is 38.2 Å². The molecule has 0 unspecified atom stereocenters. The number of aromatic nitrogens is 2. The Kier molecular flexibility index (Phi) is 9.37. The van der Waals surface area contributed by atoms with Crippen LogP contribution in [0, 0.1) is 0 Å². The molecule has 3 aromatic carbocycles. The highest BCUT2D eigenvalue weighted by Gasteiger charge is 2.22. The van der Waals surface area contributed by atoms with Crippen molar-refractivity contribution in [3.05, 3.63) is 108 Å². The van der Waals surface area contributed by atoms with Crippen LogP contribution in [-0.4, -0.2) is 36.1 Å². The molecular formula is C36H37N5O5. The van der Waals surface area contributed by atoms with E-state index in [-0.39, 0.29) is 11.8 Å². The Morgan fingerprint density at radius 2 is 1.61 bits per heavy atom. The average molecular weight is 620 g/mol. The van der Waals surface area contributed by atoms with Gasteiger partial charge in [0.25, 0.3) is 0 Å². The second-order valence-electron chi connectivity index (χ2n) is 11.8. The minimum Gasteiger partial charge on any atom is -0.495 e. The van der Waals surface area contributed by atoms with Gasteiger partial charge in [-0.2, -0.15) is 0 Å². The van der Waals surface area contributed by atoms with E-state index >= 15 is 0 Å². The Balaban J connectivity index is 1.38. The lowest BCUT2D eigenvalue weighted by Gasteiger charge is -2.23. The second kappa shape index (κ2) is 13.6. The van der Waals surface area contributed by atoms with Gasteiger partial charge < -0.3 is 30.6 Å². The van der Waals surface area contributed by atoms with Gasteiger partial charge >= 0.3 is 6.03 Å². The third-order valence-electron chi connectivity index (χ3n) is 7.39. The van der Waals surface area contributed by atoms with Crippen LogP contribution in [0.2, 0.25) is 0 Å². The predicted molar refractivity (Wildman–Crippen MR) is 179 cm³/mol. The van der Waals surface area contributed by atoms with Gasteiger partial charge in [0.15, 0.2) is 0 Å². The molecule has 0 aliphatic carbocycles. The fourth-order valence-corrected chi connectivity index (χ4v) is 5.14. The number of amides is 3. The lowest BCUT2D eigenvalue weighted by molar-refractivity contribution is -0.117. The van der Waals surface area contributed by atoms with Crippen LogP contribution in [0.25, 0.3) is 10.8 Å². The van der Waals surface area contributed by atoms with Crippen molar-refractivity contribution in [2.45, 2.75) is 39.0 Å². The Bertz CT molecular complexity index is 1900. The van der Waals surface area contributed by atoms with Crippen LogP contribution in [0.15, 0.2) is 85.3 Å². The Labute approximate surface area is 267 Å². The fraction of sp³-hybridized carbons (Fsp3) is 0.222. The van der Waals surface area contributed by atoms with Crippen molar-refractivity contribution in [3.8, 4) is 23.0 Å². The quantitative estimate of drug-likeness (QED) is 0.153. The number of fused-ring (bicyclic) bond motifs is 1. The molecule has 3 amide bonds. The third kappa shape index (κ3) is 7.52. The van der Waals surface area contributed by atoms with Crippen molar-refractivity contribution in [1.29, 1.82) is 0 Å². The van der Waals surface area contributed by atoms with E-state index in [2.05, 4.69) is 20.6 Å². The maximum Gasteiger partial charge on any atom is 0.323 e. The van der Waals surface area contributed by atoms with E-state index < -0.39 is 11.9 Å². The summed E-state index contributed by atoms with van der Waals surface area (Å²) < 4.78 is 17.2. The van der Waals surface area contributed by atoms with E-state index in [1.165, 1.54) is 7.11 Å². The van der Waals surface area contributed by atoms with E-state index in [4.69, 9.17) is 19.9 Å². The highest BCUT2D eigenvalue weighted by molar-refractivity contribution is 6.08. The monoisotopic (exact) mass is 619 g/mol. The van der Waals surface area contributed by atoms with E-state index in [9.17, 15) is 9.59 Å². The molecule has 0 fully saturated rings. The molecule has 4 N–H and O–H groups in total. The first-order valence-corrected chi connectivity index (χ1v) is 14.7. The summed E-state index contributed by atoms with van der Waals surface area (Å²) in [6, 6.07) is 20.1. The normalized spacial score (nSPS) is 11.2. The van der Waals surface area contributed by atoms with Crippen molar-refractivity contribution in [2.24, 2.45) is 5.73 Å². The Hall–Kier alpha value is -5.64. The number of nitrogens with zero attached hydrogens (tertiary/aromatic N) is 2. The minimum absolute atomic E-state index is 0.0212. The molecule has 0 spiro atoms. The van der Waals surface area contributed by atoms with Crippen LogP contribution in [-0.2, 0) is 23.1 Å². The highest BCUT2D eigenvalue weighted by atomic mass is 16.5. The number of pyridine rings is 2. The van der Waals surface area contributed by atoms with Crippen LogP contribution >= 0.6 is 0 Å². The minimum atomic E-state index is -0.495. The molecule has 2 heterocycles. The van der Waals surface area contributed by atoms with Gasteiger partial charge in [0.1, 0.15) is 23.0 Å². The number of hydrogen-bond donors (Lipinski definition) is 3. The van der Waals surface area contributed by atoms with Gasteiger partial charge in [-0.1, -0.05) is 51.1 Å².